The highest BCUT2D eigenvalue weighted by molar-refractivity contribution is 5.15. The summed E-state index contributed by atoms with van der Waals surface area (Å²) in [7, 11) is 0. The maximum Gasteiger partial charge on any atom is 0.00777 e. The van der Waals surface area contributed by atoms with E-state index in [2.05, 4.69) is 34.6 Å². The molecule has 0 spiro atoms. The Kier molecular flexibility index (Phi) is 3.86. The van der Waals surface area contributed by atoms with Crippen LogP contribution in [0.2, 0.25) is 0 Å². The molecule has 1 aliphatic carbocycles. The quantitative estimate of drug-likeness (QED) is 0.661. The normalized spacial score (nSPS) is 25.2. The minimum Gasteiger partial charge on any atom is -0.327 e. The van der Waals surface area contributed by atoms with E-state index in [-0.39, 0.29) is 0 Å². The summed E-state index contributed by atoms with van der Waals surface area (Å²) in [5.41, 5.74) is 7.22. The summed E-state index contributed by atoms with van der Waals surface area (Å²) in [5, 5.41) is 0. The van der Waals surface area contributed by atoms with Crippen LogP contribution in [0.25, 0.3) is 0 Å². The molecule has 1 fully saturated rings. The van der Waals surface area contributed by atoms with Crippen LogP contribution < -0.4 is 5.73 Å². The lowest BCUT2D eigenvalue weighted by atomic mass is 9.99. The second kappa shape index (κ2) is 4.45. The molecule has 1 rings (SSSR count). The van der Waals surface area contributed by atoms with Crippen molar-refractivity contribution >= 4 is 0 Å². The largest absolute Gasteiger partial charge is 0.327 e. The molecule has 0 amide bonds. The number of hydrogen-bond acceptors (Lipinski definition) is 1. The third-order valence-electron chi connectivity index (χ3n) is 4.95. The van der Waals surface area contributed by atoms with Crippen molar-refractivity contribution in [1.29, 1.82) is 0 Å². The Hall–Kier alpha value is -0.0400. The molecule has 0 aliphatic heterocycles. The lowest BCUT2D eigenvalue weighted by molar-refractivity contribution is 0.437. The molecule has 1 nitrogen and oxygen atoms in total. The van der Waals surface area contributed by atoms with Crippen molar-refractivity contribution < 1.29 is 0 Å². The van der Waals surface area contributed by atoms with Crippen LogP contribution >= 0.6 is 0 Å². The van der Waals surface area contributed by atoms with Gasteiger partial charge < -0.3 is 5.73 Å². The van der Waals surface area contributed by atoms with Crippen LogP contribution in [0.4, 0.5) is 0 Å². The third-order valence-corrected chi connectivity index (χ3v) is 4.95. The van der Waals surface area contributed by atoms with Crippen LogP contribution in [0.15, 0.2) is 0 Å². The molecule has 1 heteroatoms. The van der Waals surface area contributed by atoms with E-state index in [1.807, 2.05) is 0 Å². The minimum atomic E-state index is 0.423. The Morgan fingerprint density at radius 3 is 1.93 bits per heavy atom. The molecule has 1 atom stereocenters. The van der Waals surface area contributed by atoms with E-state index in [0.29, 0.717) is 16.9 Å². The minimum absolute atomic E-state index is 0.423. The highest BCUT2D eigenvalue weighted by Crippen LogP contribution is 2.69. The average Bonchev–Trinajstić information content (AvgIpc) is 2.51. The molecular weight excluding hydrogens is 182 g/mol. The first-order valence-electron chi connectivity index (χ1n) is 6.61. The number of hydrogen-bond donors (Lipinski definition) is 1. The molecule has 0 aromatic heterocycles. The SMILES string of the molecule is CCCCCCC(N)C1C(C)(C)C1(C)C. The zero-order chi connectivity index (χ0) is 11.7. The fraction of sp³-hybridized carbons (Fsp3) is 1.00. The van der Waals surface area contributed by atoms with Gasteiger partial charge in [-0.2, -0.15) is 0 Å². The maximum atomic E-state index is 6.31. The number of unbranched alkanes of at least 4 members (excludes halogenated alkanes) is 3. The molecule has 90 valence electrons. The lowest BCUT2D eigenvalue weighted by Gasteiger charge is -2.13. The van der Waals surface area contributed by atoms with Gasteiger partial charge in [0.15, 0.2) is 0 Å². The van der Waals surface area contributed by atoms with Crippen LogP contribution in [0.5, 0.6) is 0 Å². The summed E-state index contributed by atoms with van der Waals surface area (Å²) in [4.78, 5) is 0. The fourth-order valence-corrected chi connectivity index (χ4v) is 3.29. The first-order valence-corrected chi connectivity index (χ1v) is 6.61. The predicted octanol–water partition coefficient (Wildman–Crippen LogP) is 3.97. The van der Waals surface area contributed by atoms with E-state index < -0.39 is 0 Å². The molecule has 0 heterocycles. The van der Waals surface area contributed by atoms with Crippen LogP contribution in [0.3, 0.4) is 0 Å². The zero-order valence-corrected chi connectivity index (χ0v) is 11.3. The van der Waals surface area contributed by atoms with E-state index in [4.69, 9.17) is 5.73 Å². The summed E-state index contributed by atoms with van der Waals surface area (Å²) in [6.45, 7) is 11.7. The summed E-state index contributed by atoms with van der Waals surface area (Å²) >= 11 is 0. The Balaban J connectivity index is 2.28. The van der Waals surface area contributed by atoms with Crippen molar-refractivity contribution in [2.75, 3.05) is 0 Å². The standard InChI is InChI=1S/C14H29N/c1-6-7-8-9-10-11(15)12-13(2,3)14(12,4)5/h11-12H,6-10,15H2,1-5H3. The summed E-state index contributed by atoms with van der Waals surface area (Å²) in [6, 6.07) is 0.423. The number of nitrogens with two attached hydrogens (primary N) is 1. The maximum absolute atomic E-state index is 6.31. The third kappa shape index (κ3) is 2.38. The van der Waals surface area contributed by atoms with Gasteiger partial charge in [0.2, 0.25) is 0 Å². The molecule has 0 saturated heterocycles. The summed E-state index contributed by atoms with van der Waals surface area (Å²) in [6.07, 6.45) is 6.58. The van der Waals surface area contributed by atoms with Gasteiger partial charge >= 0.3 is 0 Å². The van der Waals surface area contributed by atoms with E-state index in [0.717, 1.165) is 5.92 Å². The first kappa shape index (κ1) is 13.0. The Morgan fingerprint density at radius 1 is 1.00 bits per heavy atom. The van der Waals surface area contributed by atoms with E-state index in [1.165, 1.54) is 32.1 Å². The van der Waals surface area contributed by atoms with Gasteiger partial charge in [0.05, 0.1) is 0 Å². The molecule has 15 heavy (non-hydrogen) atoms. The summed E-state index contributed by atoms with van der Waals surface area (Å²) in [5.74, 6) is 0.728. The van der Waals surface area contributed by atoms with E-state index in [1.54, 1.807) is 0 Å². The molecule has 0 aromatic rings. The predicted molar refractivity (Wildman–Crippen MR) is 67.8 cm³/mol. The average molecular weight is 211 g/mol. The molecule has 0 radical (unpaired) electrons. The molecule has 1 unspecified atom stereocenters. The lowest BCUT2D eigenvalue weighted by Crippen LogP contribution is -2.25. The van der Waals surface area contributed by atoms with Crippen LogP contribution in [-0.2, 0) is 0 Å². The highest BCUT2D eigenvalue weighted by Gasteiger charge is 2.66. The van der Waals surface area contributed by atoms with Gasteiger partial charge in [-0.15, -0.1) is 0 Å². The van der Waals surface area contributed by atoms with E-state index >= 15 is 0 Å². The van der Waals surface area contributed by atoms with Gasteiger partial charge in [-0.25, -0.2) is 0 Å². The number of rotatable bonds is 6. The Morgan fingerprint density at radius 2 is 1.53 bits per heavy atom. The Labute approximate surface area is 95.8 Å². The van der Waals surface area contributed by atoms with Gasteiger partial charge in [0.25, 0.3) is 0 Å². The molecular formula is C14H29N. The van der Waals surface area contributed by atoms with Gasteiger partial charge in [0.1, 0.15) is 0 Å². The van der Waals surface area contributed by atoms with Gasteiger partial charge in [-0.05, 0) is 23.2 Å². The van der Waals surface area contributed by atoms with Crippen molar-refractivity contribution in [3.63, 3.8) is 0 Å². The molecule has 1 saturated carbocycles. The van der Waals surface area contributed by atoms with Crippen molar-refractivity contribution in [1.82, 2.24) is 0 Å². The van der Waals surface area contributed by atoms with Crippen molar-refractivity contribution in [3.8, 4) is 0 Å². The van der Waals surface area contributed by atoms with Crippen LogP contribution in [-0.4, -0.2) is 6.04 Å². The van der Waals surface area contributed by atoms with Gasteiger partial charge in [-0.1, -0.05) is 60.3 Å². The smallest absolute Gasteiger partial charge is 0.00777 e. The van der Waals surface area contributed by atoms with E-state index in [9.17, 15) is 0 Å². The van der Waals surface area contributed by atoms with Crippen LogP contribution in [0.1, 0.15) is 66.7 Å². The fourth-order valence-electron chi connectivity index (χ4n) is 3.29. The van der Waals surface area contributed by atoms with Crippen molar-refractivity contribution in [3.05, 3.63) is 0 Å². The second-order valence-electron chi connectivity index (χ2n) is 6.43. The molecule has 0 bridgehead atoms. The molecule has 1 aliphatic rings. The molecule has 0 aromatic carbocycles. The highest BCUT2D eigenvalue weighted by atomic mass is 14.8. The second-order valence-corrected chi connectivity index (χ2v) is 6.43. The monoisotopic (exact) mass is 211 g/mol. The van der Waals surface area contributed by atoms with Crippen molar-refractivity contribution in [2.45, 2.75) is 72.8 Å². The van der Waals surface area contributed by atoms with Crippen LogP contribution in [0, 0.1) is 16.7 Å². The Bertz CT molecular complexity index is 191. The first-order chi connectivity index (χ1) is 6.85. The summed E-state index contributed by atoms with van der Waals surface area (Å²) < 4.78 is 0. The van der Waals surface area contributed by atoms with Crippen molar-refractivity contribution in [2.24, 2.45) is 22.5 Å². The topological polar surface area (TPSA) is 26.0 Å². The van der Waals surface area contributed by atoms with Gasteiger partial charge in [-0.3, -0.25) is 0 Å². The van der Waals surface area contributed by atoms with Gasteiger partial charge in [0, 0.05) is 6.04 Å². The molecule has 2 N–H and O–H groups in total. The zero-order valence-electron chi connectivity index (χ0n) is 11.3.